The maximum Gasteiger partial charge on any atom is 0.325 e. The highest BCUT2D eigenvalue weighted by molar-refractivity contribution is 6.07. The Kier molecular flexibility index (Phi) is 4.24. The summed E-state index contributed by atoms with van der Waals surface area (Å²) in [5.74, 6) is 1.03. The van der Waals surface area contributed by atoms with Crippen LogP contribution in [0.3, 0.4) is 0 Å². The molecule has 25 heavy (non-hydrogen) atoms. The largest absolute Gasteiger partial charge is 0.497 e. The SMILES string of the molecule is CC[C@]1(c2ccc(OC)cc2)NC(=O)N(Cc2c(C)noc2C)C1=O. The average molecular weight is 343 g/mol. The molecule has 1 saturated heterocycles. The monoisotopic (exact) mass is 343 g/mol. The van der Waals surface area contributed by atoms with Gasteiger partial charge in [0.05, 0.1) is 19.3 Å². The summed E-state index contributed by atoms with van der Waals surface area (Å²) >= 11 is 0. The van der Waals surface area contributed by atoms with Gasteiger partial charge in [0.15, 0.2) is 0 Å². The number of amides is 3. The van der Waals surface area contributed by atoms with Crippen molar-refractivity contribution in [2.24, 2.45) is 0 Å². The molecule has 1 aromatic carbocycles. The van der Waals surface area contributed by atoms with Crippen LogP contribution in [0.2, 0.25) is 0 Å². The summed E-state index contributed by atoms with van der Waals surface area (Å²) in [7, 11) is 1.58. The Morgan fingerprint density at radius 1 is 1.24 bits per heavy atom. The molecule has 0 aliphatic carbocycles. The quantitative estimate of drug-likeness (QED) is 0.844. The number of imide groups is 1. The predicted octanol–water partition coefficient (Wildman–Crippen LogP) is 2.66. The highest BCUT2D eigenvalue weighted by Gasteiger charge is 2.51. The van der Waals surface area contributed by atoms with E-state index in [2.05, 4.69) is 10.5 Å². The molecule has 1 aliphatic rings. The molecule has 0 radical (unpaired) electrons. The first kappa shape index (κ1) is 17.0. The van der Waals surface area contributed by atoms with Gasteiger partial charge in [0.2, 0.25) is 0 Å². The first-order chi connectivity index (χ1) is 11.9. The smallest absolute Gasteiger partial charge is 0.325 e. The van der Waals surface area contributed by atoms with Gasteiger partial charge in [0.25, 0.3) is 5.91 Å². The molecule has 3 rings (SSSR count). The fourth-order valence-corrected chi connectivity index (χ4v) is 3.17. The van der Waals surface area contributed by atoms with E-state index in [9.17, 15) is 9.59 Å². The summed E-state index contributed by atoms with van der Waals surface area (Å²) in [6, 6.07) is 6.76. The minimum atomic E-state index is -1.07. The predicted molar refractivity (Wildman–Crippen MR) is 90.0 cm³/mol. The Hall–Kier alpha value is -2.83. The Bertz CT molecular complexity index is 793. The van der Waals surface area contributed by atoms with Crippen LogP contribution in [0.5, 0.6) is 5.75 Å². The van der Waals surface area contributed by atoms with Crippen molar-refractivity contribution >= 4 is 11.9 Å². The van der Waals surface area contributed by atoms with Gasteiger partial charge in [-0.05, 0) is 38.0 Å². The first-order valence-electron chi connectivity index (χ1n) is 8.13. The van der Waals surface area contributed by atoms with Gasteiger partial charge in [-0.15, -0.1) is 0 Å². The number of nitrogens with one attached hydrogen (secondary N) is 1. The zero-order chi connectivity index (χ0) is 18.2. The van der Waals surface area contributed by atoms with Gasteiger partial charge in [0.1, 0.15) is 17.0 Å². The molecule has 0 unspecified atom stereocenters. The number of carbonyl (C=O) groups is 2. The molecule has 132 valence electrons. The molecule has 0 spiro atoms. The van der Waals surface area contributed by atoms with Crippen molar-refractivity contribution in [3.8, 4) is 5.75 Å². The lowest BCUT2D eigenvalue weighted by Crippen LogP contribution is -2.43. The molecular weight excluding hydrogens is 322 g/mol. The van der Waals surface area contributed by atoms with Crippen molar-refractivity contribution in [2.45, 2.75) is 39.3 Å². The van der Waals surface area contributed by atoms with E-state index in [0.717, 1.165) is 11.1 Å². The molecule has 2 aromatic rings. The van der Waals surface area contributed by atoms with E-state index in [1.807, 2.05) is 6.92 Å². The van der Waals surface area contributed by atoms with Crippen LogP contribution >= 0.6 is 0 Å². The van der Waals surface area contributed by atoms with Crippen LogP contribution < -0.4 is 10.1 Å². The number of ether oxygens (including phenoxy) is 1. The Balaban J connectivity index is 1.94. The average Bonchev–Trinajstić information content (AvgIpc) is 3.07. The minimum absolute atomic E-state index is 0.143. The maximum absolute atomic E-state index is 13.1. The second-order valence-electron chi connectivity index (χ2n) is 6.11. The lowest BCUT2D eigenvalue weighted by molar-refractivity contribution is -0.132. The number of aromatic nitrogens is 1. The van der Waals surface area contributed by atoms with Crippen LogP contribution in [0.25, 0.3) is 0 Å². The van der Waals surface area contributed by atoms with Crippen molar-refractivity contribution in [1.29, 1.82) is 0 Å². The topological polar surface area (TPSA) is 84.7 Å². The number of carbonyl (C=O) groups excluding carboxylic acids is 2. The number of hydrogen-bond acceptors (Lipinski definition) is 5. The third-order valence-electron chi connectivity index (χ3n) is 4.79. The lowest BCUT2D eigenvalue weighted by atomic mass is 9.87. The molecule has 2 heterocycles. The van der Waals surface area contributed by atoms with E-state index in [4.69, 9.17) is 9.26 Å². The number of hydrogen-bond donors (Lipinski definition) is 1. The van der Waals surface area contributed by atoms with Gasteiger partial charge >= 0.3 is 6.03 Å². The van der Waals surface area contributed by atoms with Crippen LogP contribution in [0, 0.1) is 13.8 Å². The van der Waals surface area contributed by atoms with Gasteiger partial charge in [-0.3, -0.25) is 9.69 Å². The van der Waals surface area contributed by atoms with Crippen LogP contribution in [0.4, 0.5) is 4.79 Å². The van der Waals surface area contributed by atoms with E-state index in [0.29, 0.717) is 23.6 Å². The van der Waals surface area contributed by atoms with Crippen molar-refractivity contribution in [2.75, 3.05) is 7.11 Å². The van der Waals surface area contributed by atoms with Crippen molar-refractivity contribution in [1.82, 2.24) is 15.4 Å². The van der Waals surface area contributed by atoms with Gasteiger partial charge in [-0.2, -0.15) is 0 Å². The van der Waals surface area contributed by atoms with Gasteiger partial charge in [-0.1, -0.05) is 24.2 Å². The number of aryl methyl sites for hydroxylation is 2. The Labute approximate surface area is 145 Å². The number of rotatable bonds is 5. The second-order valence-corrected chi connectivity index (χ2v) is 6.11. The van der Waals surface area contributed by atoms with Crippen LogP contribution in [0.1, 0.15) is 35.9 Å². The van der Waals surface area contributed by atoms with Crippen molar-refractivity contribution in [3.05, 3.63) is 46.8 Å². The van der Waals surface area contributed by atoms with Crippen LogP contribution in [-0.2, 0) is 16.9 Å². The molecule has 0 saturated carbocycles. The third-order valence-corrected chi connectivity index (χ3v) is 4.79. The molecular formula is C18H21N3O4. The lowest BCUT2D eigenvalue weighted by Gasteiger charge is -2.26. The molecule has 1 aliphatic heterocycles. The van der Waals surface area contributed by atoms with Gasteiger partial charge in [0, 0.05) is 5.56 Å². The number of urea groups is 1. The number of benzene rings is 1. The first-order valence-corrected chi connectivity index (χ1v) is 8.13. The minimum Gasteiger partial charge on any atom is -0.497 e. The van der Waals surface area contributed by atoms with Crippen molar-refractivity contribution < 1.29 is 18.8 Å². The van der Waals surface area contributed by atoms with Crippen LogP contribution in [-0.4, -0.2) is 29.1 Å². The zero-order valence-electron chi connectivity index (χ0n) is 14.8. The number of nitrogens with zero attached hydrogens (tertiary/aromatic N) is 2. The fourth-order valence-electron chi connectivity index (χ4n) is 3.17. The van der Waals surface area contributed by atoms with E-state index >= 15 is 0 Å². The van der Waals surface area contributed by atoms with E-state index < -0.39 is 11.6 Å². The van der Waals surface area contributed by atoms with E-state index in [-0.39, 0.29) is 12.5 Å². The fraction of sp³-hybridized carbons (Fsp3) is 0.389. The standard InChI is InChI=1S/C18H21N3O4/c1-5-18(13-6-8-14(24-4)9-7-13)16(22)21(17(23)19-18)10-15-11(2)20-25-12(15)3/h6-9H,5,10H2,1-4H3,(H,19,23)/t18-/m1/s1. The highest BCUT2D eigenvalue weighted by atomic mass is 16.5. The molecule has 1 aromatic heterocycles. The van der Waals surface area contributed by atoms with Gasteiger partial charge in [-0.25, -0.2) is 4.79 Å². The summed E-state index contributed by atoms with van der Waals surface area (Å²) in [4.78, 5) is 26.9. The maximum atomic E-state index is 13.1. The summed E-state index contributed by atoms with van der Waals surface area (Å²) in [6.45, 7) is 5.58. The van der Waals surface area contributed by atoms with E-state index in [1.165, 1.54) is 4.90 Å². The molecule has 1 atom stereocenters. The number of methoxy groups -OCH3 is 1. The Morgan fingerprint density at radius 2 is 1.92 bits per heavy atom. The third kappa shape index (κ3) is 2.65. The zero-order valence-corrected chi connectivity index (χ0v) is 14.8. The molecule has 1 N–H and O–H groups in total. The molecule has 7 heteroatoms. The molecule has 3 amide bonds. The normalized spacial score (nSPS) is 20.1. The summed E-state index contributed by atoms with van der Waals surface area (Å²) < 4.78 is 10.3. The summed E-state index contributed by atoms with van der Waals surface area (Å²) in [5.41, 5.74) is 1.10. The second kappa shape index (κ2) is 6.23. The molecule has 0 bridgehead atoms. The Morgan fingerprint density at radius 3 is 2.44 bits per heavy atom. The summed E-state index contributed by atoms with van der Waals surface area (Å²) in [6.07, 6.45) is 0.446. The van der Waals surface area contributed by atoms with E-state index in [1.54, 1.807) is 45.2 Å². The highest BCUT2D eigenvalue weighted by Crippen LogP contribution is 2.34. The molecule has 7 nitrogen and oxygen atoms in total. The van der Waals surface area contributed by atoms with Gasteiger partial charge < -0.3 is 14.6 Å². The summed E-state index contributed by atoms with van der Waals surface area (Å²) in [5, 5.41) is 6.75. The molecule has 1 fully saturated rings. The van der Waals surface area contributed by atoms with Crippen LogP contribution in [0.15, 0.2) is 28.8 Å². The van der Waals surface area contributed by atoms with Crippen molar-refractivity contribution in [3.63, 3.8) is 0 Å².